The van der Waals surface area contributed by atoms with Crippen molar-refractivity contribution < 1.29 is 9.53 Å². The van der Waals surface area contributed by atoms with Crippen molar-refractivity contribution in [2.24, 2.45) is 0 Å². The lowest BCUT2D eigenvalue weighted by atomic mass is 10.2. The summed E-state index contributed by atoms with van der Waals surface area (Å²) in [6.07, 6.45) is 1.70. The van der Waals surface area contributed by atoms with Crippen molar-refractivity contribution in [3.63, 3.8) is 0 Å². The third-order valence-electron chi connectivity index (χ3n) is 2.61. The minimum atomic E-state index is -0.314. The number of methoxy groups -OCH3 is 1. The molecule has 0 bridgehead atoms. The number of aromatic nitrogens is 1. The number of ether oxygens (including phenoxy) is 1. The second kappa shape index (κ2) is 7.84. The van der Waals surface area contributed by atoms with Gasteiger partial charge in [0.1, 0.15) is 11.6 Å². The first-order valence-corrected chi connectivity index (χ1v) is 8.35. The molecule has 5 nitrogen and oxygen atoms in total. The Morgan fingerprint density at radius 1 is 1.36 bits per heavy atom. The third-order valence-corrected chi connectivity index (χ3v) is 4.07. The maximum Gasteiger partial charge on any atom is 0.257 e. The number of amides is 1. The van der Waals surface area contributed by atoms with Crippen LogP contribution >= 0.6 is 50.7 Å². The molecule has 0 aliphatic heterocycles. The Labute approximate surface area is 155 Å². The lowest BCUT2D eigenvalue weighted by Gasteiger charge is -2.10. The van der Waals surface area contributed by atoms with Crippen molar-refractivity contribution in [1.29, 1.82) is 0 Å². The van der Waals surface area contributed by atoms with E-state index in [4.69, 9.17) is 17.0 Å². The predicted octanol–water partition coefficient (Wildman–Crippen LogP) is 3.58. The standard InChI is InChI=1S/C14H11BrIN3O2S/c1-21-11-4-2-8(6-10(11)15)13(20)19-14(22)18-12-5-3-9(16)7-17-12/h2-7H,1H3,(H2,17,18,19,20,22). The summed E-state index contributed by atoms with van der Waals surface area (Å²) in [5.41, 5.74) is 0.465. The minimum absolute atomic E-state index is 0.186. The molecule has 0 radical (unpaired) electrons. The number of thiocarbonyl (C=S) groups is 1. The average molecular weight is 492 g/mol. The number of carbonyl (C=O) groups is 1. The Morgan fingerprint density at radius 2 is 2.14 bits per heavy atom. The Kier molecular flexibility index (Phi) is 6.09. The molecule has 2 aromatic rings. The molecule has 1 heterocycles. The van der Waals surface area contributed by atoms with Crippen LogP contribution in [0.25, 0.3) is 0 Å². The van der Waals surface area contributed by atoms with Crippen LogP contribution in [0, 0.1) is 3.57 Å². The van der Waals surface area contributed by atoms with Gasteiger partial charge in [0.25, 0.3) is 5.91 Å². The van der Waals surface area contributed by atoms with Crippen LogP contribution in [0.3, 0.4) is 0 Å². The zero-order valence-electron chi connectivity index (χ0n) is 11.4. The van der Waals surface area contributed by atoms with Gasteiger partial charge in [0.2, 0.25) is 0 Å². The first kappa shape index (κ1) is 17.1. The summed E-state index contributed by atoms with van der Waals surface area (Å²) in [6.45, 7) is 0. The Balaban J connectivity index is 2.00. The lowest BCUT2D eigenvalue weighted by Crippen LogP contribution is -2.34. The van der Waals surface area contributed by atoms with E-state index in [1.807, 2.05) is 6.07 Å². The van der Waals surface area contributed by atoms with Crippen LogP contribution in [0.15, 0.2) is 41.0 Å². The van der Waals surface area contributed by atoms with E-state index in [1.54, 1.807) is 37.6 Å². The fourth-order valence-electron chi connectivity index (χ4n) is 1.58. The first-order chi connectivity index (χ1) is 10.5. The molecule has 2 rings (SSSR count). The number of rotatable bonds is 3. The number of hydrogen-bond acceptors (Lipinski definition) is 4. The smallest absolute Gasteiger partial charge is 0.257 e. The normalized spacial score (nSPS) is 9.95. The highest BCUT2D eigenvalue weighted by Gasteiger charge is 2.10. The van der Waals surface area contributed by atoms with Gasteiger partial charge in [-0.05, 0) is 81.1 Å². The van der Waals surface area contributed by atoms with E-state index in [-0.39, 0.29) is 11.0 Å². The van der Waals surface area contributed by atoms with Gasteiger partial charge in [0, 0.05) is 15.3 Å². The molecule has 22 heavy (non-hydrogen) atoms. The molecule has 2 N–H and O–H groups in total. The first-order valence-electron chi connectivity index (χ1n) is 6.07. The van der Waals surface area contributed by atoms with Gasteiger partial charge < -0.3 is 10.1 Å². The number of pyridine rings is 1. The number of anilines is 1. The molecule has 0 saturated heterocycles. The van der Waals surface area contributed by atoms with Crippen molar-refractivity contribution in [1.82, 2.24) is 10.3 Å². The summed E-state index contributed by atoms with van der Waals surface area (Å²) >= 11 is 10.6. The van der Waals surface area contributed by atoms with E-state index < -0.39 is 0 Å². The van der Waals surface area contributed by atoms with E-state index in [0.29, 0.717) is 21.6 Å². The zero-order valence-corrected chi connectivity index (χ0v) is 16.0. The lowest BCUT2D eigenvalue weighted by molar-refractivity contribution is 0.0977. The molecule has 8 heteroatoms. The number of nitrogens with one attached hydrogen (secondary N) is 2. The Hall–Kier alpha value is -1.26. The Bertz CT molecular complexity index is 710. The molecule has 0 aliphatic carbocycles. The van der Waals surface area contributed by atoms with E-state index >= 15 is 0 Å². The van der Waals surface area contributed by atoms with E-state index in [1.165, 1.54) is 0 Å². The molecule has 0 unspecified atom stereocenters. The van der Waals surface area contributed by atoms with Gasteiger partial charge in [-0.1, -0.05) is 0 Å². The zero-order chi connectivity index (χ0) is 16.1. The number of halogens is 2. The number of hydrogen-bond donors (Lipinski definition) is 2. The van der Waals surface area contributed by atoms with Crippen molar-refractivity contribution in [3.05, 3.63) is 50.1 Å². The monoisotopic (exact) mass is 491 g/mol. The maximum absolute atomic E-state index is 12.1. The molecule has 1 aromatic carbocycles. The maximum atomic E-state index is 12.1. The van der Waals surface area contributed by atoms with Crippen LogP contribution in [0.4, 0.5) is 5.82 Å². The van der Waals surface area contributed by atoms with Crippen LogP contribution in [0.1, 0.15) is 10.4 Å². The summed E-state index contributed by atoms with van der Waals surface area (Å²) in [5.74, 6) is 0.910. The van der Waals surface area contributed by atoms with Crippen molar-refractivity contribution in [3.8, 4) is 5.75 Å². The second-order valence-corrected chi connectivity index (χ2v) is 6.63. The highest BCUT2D eigenvalue weighted by Crippen LogP contribution is 2.25. The van der Waals surface area contributed by atoms with Gasteiger partial charge in [-0.15, -0.1) is 0 Å². The summed E-state index contributed by atoms with van der Waals surface area (Å²) in [7, 11) is 1.56. The Morgan fingerprint density at radius 3 is 2.73 bits per heavy atom. The molecule has 1 amide bonds. The SMILES string of the molecule is COc1ccc(C(=O)NC(=S)Nc2ccc(I)cn2)cc1Br. The largest absolute Gasteiger partial charge is 0.496 e. The fourth-order valence-corrected chi connectivity index (χ4v) is 2.64. The van der Waals surface area contributed by atoms with Gasteiger partial charge in [0.05, 0.1) is 11.6 Å². The summed E-state index contributed by atoms with van der Waals surface area (Å²) in [4.78, 5) is 16.3. The highest BCUT2D eigenvalue weighted by atomic mass is 127. The van der Waals surface area contributed by atoms with Gasteiger partial charge in [-0.2, -0.15) is 0 Å². The summed E-state index contributed by atoms with van der Waals surface area (Å²) in [5, 5.41) is 5.64. The molecule has 1 aromatic heterocycles. The number of carbonyl (C=O) groups excluding carboxylic acids is 1. The van der Waals surface area contributed by atoms with Gasteiger partial charge in [-0.3, -0.25) is 10.1 Å². The van der Waals surface area contributed by atoms with Crippen molar-refractivity contribution >= 4 is 67.6 Å². The fraction of sp³-hybridized carbons (Fsp3) is 0.0714. The van der Waals surface area contributed by atoms with Gasteiger partial charge in [0.15, 0.2) is 5.11 Å². The third kappa shape index (κ3) is 4.62. The van der Waals surface area contributed by atoms with E-state index in [9.17, 15) is 4.79 Å². The molecule has 0 atom stereocenters. The summed E-state index contributed by atoms with van der Waals surface area (Å²) < 4.78 is 6.83. The summed E-state index contributed by atoms with van der Waals surface area (Å²) in [6, 6.07) is 8.70. The molecule has 114 valence electrons. The molecular formula is C14H11BrIN3O2S. The van der Waals surface area contributed by atoms with Crippen LogP contribution in [-0.4, -0.2) is 23.1 Å². The second-order valence-electron chi connectivity index (χ2n) is 4.12. The van der Waals surface area contributed by atoms with Crippen LogP contribution in [0.2, 0.25) is 0 Å². The highest BCUT2D eigenvalue weighted by molar-refractivity contribution is 14.1. The topological polar surface area (TPSA) is 63.2 Å². The van der Waals surface area contributed by atoms with Gasteiger partial charge >= 0.3 is 0 Å². The van der Waals surface area contributed by atoms with Crippen molar-refractivity contribution in [2.45, 2.75) is 0 Å². The molecular weight excluding hydrogens is 481 g/mol. The number of benzene rings is 1. The van der Waals surface area contributed by atoms with Crippen LogP contribution < -0.4 is 15.4 Å². The van der Waals surface area contributed by atoms with Crippen LogP contribution in [-0.2, 0) is 0 Å². The quantitative estimate of drug-likeness (QED) is 0.507. The predicted molar refractivity (Wildman–Crippen MR) is 101 cm³/mol. The molecule has 0 fully saturated rings. The minimum Gasteiger partial charge on any atom is -0.496 e. The van der Waals surface area contributed by atoms with E-state index in [0.717, 1.165) is 3.57 Å². The average Bonchev–Trinajstić information content (AvgIpc) is 2.49. The molecule has 0 saturated carbocycles. The van der Waals surface area contributed by atoms with Crippen molar-refractivity contribution in [2.75, 3.05) is 12.4 Å². The molecule has 0 aliphatic rings. The van der Waals surface area contributed by atoms with Crippen LogP contribution in [0.5, 0.6) is 5.75 Å². The van der Waals surface area contributed by atoms with E-state index in [2.05, 4.69) is 54.1 Å². The molecule has 0 spiro atoms. The number of nitrogens with zero attached hydrogens (tertiary/aromatic N) is 1. The van der Waals surface area contributed by atoms with Gasteiger partial charge in [-0.25, -0.2) is 4.98 Å².